The molecule has 32 heavy (non-hydrogen) atoms. The third-order valence-electron chi connectivity index (χ3n) is 5.63. The average molecular weight is 428 g/mol. The molecule has 3 amide bonds. The Balaban J connectivity index is 1.65. The van der Waals surface area contributed by atoms with Gasteiger partial charge in [0.15, 0.2) is 0 Å². The van der Waals surface area contributed by atoms with E-state index >= 15 is 0 Å². The topological polar surface area (TPSA) is 66.9 Å². The fourth-order valence-corrected chi connectivity index (χ4v) is 3.99. The third-order valence-corrected chi connectivity index (χ3v) is 5.63. The normalized spacial score (nSPS) is 12.7. The van der Waals surface area contributed by atoms with Gasteiger partial charge in [-0.3, -0.25) is 19.3 Å². The second-order valence-corrected chi connectivity index (χ2v) is 7.79. The predicted octanol–water partition coefficient (Wildman–Crippen LogP) is 4.26. The van der Waals surface area contributed by atoms with E-state index in [9.17, 15) is 14.4 Å². The molecule has 4 rings (SSSR count). The first-order valence-corrected chi connectivity index (χ1v) is 10.4. The number of imide groups is 1. The summed E-state index contributed by atoms with van der Waals surface area (Å²) in [6, 6.07) is 19.6. The van der Waals surface area contributed by atoms with Crippen molar-refractivity contribution in [2.75, 3.05) is 25.1 Å². The number of aryl methyl sites for hydroxylation is 2. The van der Waals surface area contributed by atoms with Crippen LogP contribution >= 0.6 is 0 Å². The second kappa shape index (κ2) is 8.67. The lowest BCUT2D eigenvalue weighted by molar-refractivity contribution is 0.0654. The number of fused-ring (bicyclic) bond motifs is 1. The van der Waals surface area contributed by atoms with Crippen molar-refractivity contribution in [3.8, 4) is 5.75 Å². The molecule has 0 saturated carbocycles. The maximum absolute atomic E-state index is 13.5. The molecule has 1 aliphatic rings. The Kier molecular flexibility index (Phi) is 5.77. The van der Waals surface area contributed by atoms with Crippen LogP contribution in [-0.2, 0) is 0 Å². The molecule has 0 unspecified atom stereocenters. The first-order chi connectivity index (χ1) is 15.4. The van der Waals surface area contributed by atoms with Crippen molar-refractivity contribution < 1.29 is 19.1 Å². The number of anilines is 1. The van der Waals surface area contributed by atoms with E-state index in [-0.39, 0.29) is 30.8 Å². The SMILES string of the molecule is COc1cccc(C(=O)N(CCN2C(=O)c3ccccc3C2=O)c2ccc(C)cc2C)c1. The van der Waals surface area contributed by atoms with Crippen molar-refractivity contribution in [1.82, 2.24) is 4.90 Å². The van der Waals surface area contributed by atoms with E-state index in [1.54, 1.807) is 60.5 Å². The van der Waals surface area contributed by atoms with Crippen LogP contribution in [0.3, 0.4) is 0 Å². The van der Waals surface area contributed by atoms with Crippen LogP contribution in [0.1, 0.15) is 42.2 Å². The molecule has 0 aromatic heterocycles. The molecule has 0 radical (unpaired) electrons. The van der Waals surface area contributed by atoms with E-state index in [0.29, 0.717) is 22.4 Å². The Morgan fingerprint density at radius 2 is 1.59 bits per heavy atom. The first-order valence-electron chi connectivity index (χ1n) is 10.4. The van der Waals surface area contributed by atoms with Crippen molar-refractivity contribution in [3.05, 3.63) is 94.5 Å². The van der Waals surface area contributed by atoms with Crippen molar-refractivity contribution in [2.45, 2.75) is 13.8 Å². The summed E-state index contributed by atoms with van der Waals surface area (Å²) in [5.74, 6) is -0.316. The summed E-state index contributed by atoms with van der Waals surface area (Å²) in [5.41, 5.74) is 4.01. The molecule has 3 aromatic rings. The minimum absolute atomic E-state index is 0.0926. The van der Waals surface area contributed by atoms with Crippen molar-refractivity contribution in [3.63, 3.8) is 0 Å². The average Bonchev–Trinajstić information content (AvgIpc) is 3.05. The van der Waals surface area contributed by atoms with E-state index in [0.717, 1.165) is 16.8 Å². The van der Waals surface area contributed by atoms with Gasteiger partial charge in [-0.15, -0.1) is 0 Å². The van der Waals surface area contributed by atoms with Gasteiger partial charge in [0.05, 0.1) is 18.2 Å². The highest BCUT2D eigenvalue weighted by Gasteiger charge is 2.35. The molecule has 0 bridgehead atoms. The zero-order chi connectivity index (χ0) is 22.8. The fraction of sp³-hybridized carbons (Fsp3) is 0.192. The molecule has 0 fully saturated rings. The van der Waals surface area contributed by atoms with Crippen LogP contribution in [0.4, 0.5) is 5.69 Å². The number of amides is 3. The number of carbonyl (C=O) groups is 3. The van der Waals surface area contributed by atoms with Gasteiger partial charge in [-0.2, -0.15) is 0 Å². The van der Waals surface area contributed by atoms with Gasteiger partial charge < -0.3 is 9.64 Å². The standard InChI is InChI=1S/C26H24N2O4/c1-17-11-12-23(18(2)15-17)27(24(29)19-7-6-8-20(16-19)32-3)13-14-28-25(30)21-9-4-5-10-22(21)26(28)31/h4-12,15-16H,13-14H2,1-3H3. The van der Waals surface area contributed by atoms with Crippen LogP contribution < -0.4 is 9.64 Å². The summed E-state index contributed by atoms with van der Waals surface area (Å²) in [4.78, 5) is 41.9. The summed E-state index contributed by atoms with van der Waals surface area (Å²) in [6.07, 6.45) is 0. The number of ether oxygens (including phenoxy) is 1. The van der Waals surface area contributed by atoms with Crippen LogP contribution in [0.2, 0.25) is 0 Å². The van der Waals surface area contributed by atoms with Gasteiger partial charge in [0.25, 0.3) is 17.7 Å². The molecule has 6 heteroatoms. The zero-order valence-corrected chi connectivity index (χ0v) is 18.3. The maximum atomic E-state index is 13.5. The van der Waals surface area contributed by atoms with Crippen molar-refractivity contribution in [2.24, 2.45) is 0 Å². The summed E-state index contributed by atoms with van der Waals surface area (Å²) < 4.78 is 5.27. The predicted molar refractivity (Wildman–Crippen MR) is 122 cm³/mol. The summed E-state index contributed by atoms with van der Waals surface area (Å²) >= 11 is 0. The van der Waals surface area contributed by atoms with Crippen molar-refractivity contribution >= 4 is 23.4 Å². The number of hydrogen-bond donors (Lipinski definition) is 0. The number of nitrogens with zero attached hydrogens (tertiary/aromatic N) is 2. The monoisotopic (exact) mass is 428 g/mol. The zero-order valence-electron chi connectivity index (χ0n) is 18.3. The van der Waals surface area contributed by atoms with Gasteiger partial charge in [-0.05, 0) is 55.8 Å². The van der Waals surface area contributed by atoms with E-state index in [1.807, 2.05) is 32.0 Å². The fourth-order valence-electron chi connectivity index (χ4n) is 3.99. The Bertz CT molecular complexity index is 1180. The van der Waals surface area contributed by atoms with E-state index in [1.165, 1.54) is 4.90 Å². The summed E-state index contributed by atoms with van der Waals surface area (Å²) in [5, 5.41) is 0. The van der Waals surface area contributed by atoms with Gasteiger partial charge in [-0.1, -0.05) is 35.9 Å². The smallest absolute Gasteiger partial charge is 0.261 e. The molecule has 0 atom stereocenters. The Morgan fingerprint density at radius 1 is 0.906 bits per heavy atom. The summed E-state index contributed by atoms with van der Waals surface area (Å²) in [6.45, 7) is 4.20. The molecule has 162 valence electrons. The van der Waals surface area contributed by atoms with Gasteiger partial charge in [0, 0.05) is 24.3 Å². The largest absolute Gasteiger partial charge is 0.497 e. The maximum Gasteiger partial charge on any atom is 0.261 e. The number of carbonyl (C=O) groups excluding carboxylic acids is 3. The van der Waals surface area contributed by atoms with Crippen LogP contribution in [0.15, 0.2) is 66.7 Å². The van der Waals surface area contributed by atoms with E-state index in [4.69, 9.17) is 4.74 Å². The molecule has 0 saturated heterocycles. The lowest BCUT2D eigenvalue weighted by Crippen LogP contribution is -2.41. The van der Waals surface area contributed by atoms with Crippen molar-refractivity contribution in [1.29, 1.82) is 0 Å². The molecule has 0 N–H and O–H groups in total. The van der Waals surface area contributed by atoms with Gasteiger partial charge >= 0.3 is 0 Å². The Morgan fingerprint density at radius 3 is 2.22 bits per heavy atom. The quantitative estimate of drug-likeness (QED) is 0.551. The van der Waals surface area contributed by atoms with Crippen LogP contribution in [0.5, 0.6) is 5.75 Å². The lowest BCUT2D eigenvalue weighted by Gasteiger charge is -2.27. The lowest BCUT2D eigenvalue weighted by atomic mass is 10.1. The molecule has 1 aliphatic heterocycles. The van der Waals surface area contributed by atoms with Crippen LogP contribution in [0, 0.1) is 13.8 Å². The van der Waals surface area contributed by atoms with E-state index in [2.05, 4.69) is 0 Å². The second-order valence-electron chi connectivity index (χ2n) is 7.79. The molecule has 3 aromatic carbocycles. The molecule has 0 aliphatic carbocycles. The van der Waals surface area contributed by atoms with Crippen LogP contribution in [-0.4, -0.2) is 42.8 Å². The summed E-state index contributed by atoms with van der Waals surface area (Å²) in [7, 11) is 1.55. The third kappa shape index (κ3) is 3.87. The number of hydrogen-bond acceptors (Lipinski definition) is 4. The molecular formula is C26H24N2O4. The van der Waals surface area contributed by atoms with Gasteiger partial charge in [0.1, 0.15) is 5.75 Å². The number of rotatable bonds is 6. The van der Waals surface area contributed by atoms with E-state index < -0.39 is 0 Å². The minimum atomic E-state index is -0.333. The first kappa shape index (κ1) is 21.3. The van der Waals surface area contributed by atoms with Gasteiger partial charge in [-0.25, -0.2) is 0 Å². The number of methoxy groups -OCH3 is 1. The highest BCUT2D eigenvalue weighted by atomic mass is 16.5. The van der Waals surface area contributed by atoms with Crippen LogP contribution in [0.25, 0.3) is 0 Å². The number of benzene rings is 3. The Labute approximate surface area is 187 Å². The molecule has 6 nitrogen and oxygen atoms in total. The highest BCUT2D eigenvalue weighted by Crippen LogP contribution is 2.26. The minimum Gasteiger partial charge on any atom is -0.497 e. The highest BCUT2D eigenvalue weighted by molar-refractivity contribution is 6.21. The molecule has 1 heterocycles. The van der Waals surface area contributed by atoms with Gasteiger partial charge in [0.2, 0.25) is 0 Å². The molecule has 0 spiro atoms. The Hall–Kier alpha value is -3.93. The molecular weight excluding hydrogens is 404 g/mol.